The van der Waals surface area contributed by atoms with Crippen LogP contribution in [0.1, 0.15) is 92.6 Å². The van der Waals surface area contributed by atoms with Crippen molar-refractivity contribution in [1.29, 1.82) is 0 Å². The number of halogens is 2. The van der Waals surface area contributed by atoms with Crippen molar-refractivity contribution in [2.24, 2.45) is 5.41 Å². The summed E-state index contributed by atoms with van der Waals surface area (Å²) in [7, 11) is 1.69. The molecule has 3 N–H and O–H groups in total. The molecule has 4 aromatic rings. The first-order chi connectivity index (χ1) is 31.8. The number of nitrogens with zero attached hydrogens (tertiary/aromatic N) is 2. The second-order valence-corrected chi connectivity index (χ2v) is 19.1. The third-order valence-electron chi connectivity index (χ3n) is 12.6. The number of nitrogens with one attached hydrogen (secondary N) is 3. The number of thiazole rings is 1. The summed E-state index contributed by atoms with van der Waals surface area (Å²) in [6.07, 6.45) is 4.78. The molecule has 13 nitrogen and oxygen atoms in total. The van der Waals surface area contributed by atoms with E-state index in [1.54, 1.807) is 18.9 Å². The summed E-state index contributed by atoms with van der Waals surface area (Å²) in [6.45, 7) is 10.1. The zero-order valence-corrected chi connectivity index (χ0v) is 39.4. The molecule has 1 aliphatic carbocycles. The number of likely N-dealkylation sites (N-methyl/N-ethyl adjacent to an activating group) is 1. The molecule has 1 aromatic heterocycles. The van der Waals surface area contributed by atoms with Crippen LogP contribution in [0.3, 0.4) is 0 Å². The van der Waals surface area contributed by atoms with Gasteiger partial charge in [0.05, 0.1) is 49.2 Å². The Bertz CT molecular complexity index is 2300. The maximum Gasteiger partial charge on any atom is 0.246 e. The maximum atomic E-state index is 14.9. The molecular weight excluding hydrogens is 869 g/mol. The summed E-state index contributed by atoms with van der Waals surface area (Å²) in [4.78, 5) is 48.5. The number of hydrogen-bond donors (Lipinski definition) is 3. The van der Waals surface area contributed by atoms with E-state index in [1.165, 1.54) is 23.0 Å². The normalized spacial score (nSPS) is 18.4. The third kappa shape index (κ3) is 12.1. The fourth-order valence-electron chi connectivity index (χ4n) is 8.66. The van der Waals surface area contributed by atoms with Crippen molar-refractivity contribution < 1.29 is 46.8 Å². The van der Waals surface area contributed by atoms with Crippen molar-refractivity contribution in [3.8, 4) is 22.8 Å². The smallest absolute Gasteiger partial charge is 0.246 e. The number of hydrogen-bond acceptors (Lipinski definition) is 11. The van der Waals surface area contributed by atoms with E-state index in [2.05, 4.69) is 28.1 Å². The zero-order chi connectivity index (χ0) is 46.8. The summed E-state index contributed by atoms with van der Waals surface area (Å²) in [5.74, 6) is -2.25. The number of fused-ring (bicyclic) bond motifs is 2. The number of aryl methyl sites for hydroxylation is 1. The number of carbonyl (C=O) groups excluding carboxylic acids is 3. The van der Waals surface area contributed by atoms with Gasteiger partial charge in [-0.2, -0.15) is 4.39 Å². The van der Waals surface area contributed by atoms with Crippen molar-refractivity contribution in [1.82, 2.24) is 25.8 Å². The van der Waals surface area contributed by atoms with E-state index >= 15 is 0 Å². The number of rotatable bonds is 19. The molecule has 1 fully saturated rings. The highest BCUT2D eigenvalue weighted by Gasteiger charge is 2.43. The van der Waals surface area contributed by atoms with Gasteiger partial charge < -0.3 is 44.5 Å². The van der Waals surface area contributed by atoms with Crippen LogP contribution >= 0.6 is 11.3 Å². The minimum absolute atomic E-state index is 0.00367. The van der Waals surface area contributed by atoms with E-state index in [9.17, 15) is 23.2 Å². The standard InChI is InChI=1S/C50H63F2N5O8S/c1-31(53-5)46(58)56-45(50(2,3)4)49(60)57-29-35-27-36(14-13-34(35)28-42(57)47(59)54-40-12-8-10-32-9-6-7-11-37(32)40)64-25-23-62-21-22-63-24-26-65-44-38(15-16-39(51)43(44)52)41-30-66-48(55-41)33-17-19-61-20-18-33/h6-7,9,11,13-16,27,30-31,33,40,42,45,53H,8,10,12,17-26,28-29H2,1-5H3,(H,54,59)(H,56,58)/t31-,40+,42-,45+/m0/s1. The molecule has 4 atom stereocenters. The lowest BCUT2D eigenvalue weighted by Crippen LogP contribution is -2.62. The molecule has 3 aliphatic rings. The monoisotopic (exact) mass is 931 g/mol. The first-order valence-electron chi connectivity index (χ1n) is 23.0. The zero-order valence-electron chi connectivity index (χ0n) is 38.6. The van der Waals surface area contributed by atoms with Crippen molar-refractivity contribution >= 4 is 29.1 Å². The van der Waals surface area contributed by atoms with E-state index in [1.807, 2.05) is 56.5 Å². The Kier molecular flexibility index (Phi) is 16.8. The average Bonchev–Trinajstić information content (AvgIpc) is 3.82. The molecule has 3 amide bonds. The summed E-state index contributed by atoms with van der Waals surface area (Å²) < 4.78 is 57.8. The first-order valence-corrected chi connectivity index (χ1v) is 23.9. The Labute approximate surface area is 390 Å². The van der Waals surface area contributed by atoms with Crippen LogP contribution in [0.25, 0.3) is 11.3 Å². The van der Waals surface area contributed by atoms with E-state index in [4.69, 9.17) is 28.7 Å². The van der Waals surface area contributed by atoms with Gasteiger partial charge in [0.15, 0.2) is 11.6 Å². The minimum Gasteiger partial charge on any atom is -0.491 e. The largest absolute Gasteiger partial charge is 0.491 e. The molecule has 0 bridgehead atoms. The SMILES string of the molecule is CN[C@@H](C)C(=O)N[C@H](C(=O)N1Cc2cc(OCCOCCOCCOc3c(-c4csc(C5CCOCC5)n4)ccc(F)c3F)ccc2C[C@H]1C(=O)N[C@@H]1CCCc2ccccc21)C(C)(C)C. The highest BCUT2D eigenvalue weighted by Crippen LogP contribution is 2.38. The Morgan fingerprint density at radius 2 is 1.64 bits per heavy atom. The molecular formula is C50H63F2N5O8S. The lowest BCUT2D eigenvalue weighted by Gasteiger charge is -2.41. The highest BCUT2D eigenvalue weighted by atomic mass is 32.1. The van der Waals surface area contributed by atoms with Gasteiger partial charge in [-0.25, -0.2) is 9.37 Å². The Morgan fingerprint density at radius 1 is 0.909 bits per heavy atom. The average molecular weight is 932 g/mol. The van der Waals surface area contributed by atoms with Crippen LogP contribution < -0.4 is 25.4 Å². The summed E-state index contributed by atoms with van der Waals surface area (Å²) in [5, 5.41) is 12.0. The van der Waals surface area contributed by atoms with E-state index in [-0.39, 0.29) is 81.6 Å². The molecule has 0 spiro atoms. The number of ether oxygens (including phenoxy) is 5. The number of amides is 3. The highest BCUT2D eigenvalue weighted by molar-refractivity contribution is 7.10. The summed E-state index contributed by atoms with van der Waals surface area (Å²) in [5.41, 5.74) is 4.40. The van der Waals surface area contributed by atoms with Crippen molar-refractivity contribution in [3.63, 3.8) is 0 Å². The predicted molar refractivity (Wildman–Crippen MR) is 248 cm³/mol. The van der Waals surface area contributed by atoms with Crippen LogP contribution in [0.15, 0.2) is 60.0 Å². The van der Waals surface area contributed by atoms with Crippen molar-refractivity contribution in [2.75, 3.05) is 59.9 Å². The fraction of sp³-hybridized carbons (Fsp3) is 0.520. The summed E-state index contributed by atoms with van der Waals surface area (Å²) >= 11 is 1.50. The Morgan fingerprint density at radius 3 is 2.38 bits per heavy atom. The predicted octanol–water partition coefficient (Wildman–Crippen LogP) is 7.06. The maximum absolute atomic E-state index is 14.9. The van der Waals surface area contributed by atoms with Gasteiger partial charge in [-0.1, -0.05) is 51.1 Å². The van der Waals surface area contributed by atoms with Gasteiger partial charge in [0.25, 0.3) is 0 Å². The molecule has 7 rings (SSSR count). The van der Waals surface area contributed by atoms with Crippen LogP contribution in [-0.4, -0.2) is 106 Å². The van der Waals surface area contributed by atoms with E-state index in [0.29, 0.717) is 36.6 Å². The molecule has 3 heterocycles. The topological polar surface area (TPSA) is 150 Å². The number of benzene rings is 3. The van der Waals surface area contributed by atoms with Gasteiger partial charge in [-0.05, 0) is 98.0 Å². The molecule has 2 aliphatic heterocycles. The van der Waals surface area contributed by atoms with Crippen LogP contribution in [0, 0.1) is 17.0 Å². The van der Waals surface area contributed by atoms with Gasteiger partial charge in [0.2, 0.25) is 23.5 Å². The van der Waals surface area contributed by atoms with Crippen LogP contribution in [0.5, 0.6) is 11.5 Å². The second kappa shape index (κ2) is 22.7. The molecule has 0 saturated carbocycles. The molecule has 16 heteroatoms. The molecule has 1 saturated heterocycles. The minimum atomic E-state index is -1.07. The number of carbonyl (C=O) groups is 3. The first kappa shape index (κ1) is 48.9. The Balaban J connectivity index is 0.912. The lowest BCUT2D eigenvalue weighted by atomic mass is 9.83. The van der Waals surface area contributed by atoms with Gasteiger partial charge in [0, 0.05) is 43.0 Å². The van der Waals surface area contributed by atoms with Gasteiger partial charge in [0.1, 0.15) is 31.0 Å². The molecule has 3 aromatic carbocycles. The van der Waals surface area contributed by atoms with Gasteiger partial charge >= 0.3 is 0 Å². The Hall–Kier alpha value is -5.00. The molecule has 0 unspecified atom stereocenters. The quantitative estimate of drug-likeness (QED) is 0.0835. The fourth-order valence-corrected chi connectivity index (χ4v) is 9.65. The lowest BCUT2D eigenvalue weighted by molar-refractivity contribution is -0.147. The molecule has 66 heavy (non-hydrogen) atoms. The van der Waals surface area contributed by atoms with Crippen molar-refractivity contribution in [2.45, 2.75) is 103 Å². The van der Waals surface area contributed by atoms with E-state index < -0.39 is 35.2 Å². The molecule has 0 radical (unpaired) electrons. The van der Waals surface area contributed by atoms with Gasteiger partial charge in [-0.15, -0.1) is 11.3 Å². The second-order valence-electron chi connectivity index (χ2n) is 18.2. The third-order valence-corrected chi connectivity index (χ3v) is 13.6. The van der Waals surface area contributed by atoms with Crippen molar-refractivity contribution in [3.05, 3.63) is 98.9 Å². The van der Waals surface area contributed by atoms with Crippen LogP contribution in [0.4, 0.5) is 8.78 Å². The van der Waals surface area contributed by atoms with Crippen LogP contribution in [0.2, 0.25) is 0 Å². The van der Waals surface area contributed by atoms with Crippen LogP contribution in [-0.2, 0) is 48.0 Å². The van der Waals surface area contributed by atoms with E-state index in [0.717, 1.165) is 59.9 Å². The number of aromatic nitrogens is 1. The molecule has 356 valence electrons. The summed E-state index contributed by atoms with van der Waals surface area (Å²) in [6, 6.07) is 14.1. The van der Waals surface area contributed by atoms with Gasteiger partial charge in [-0.3, -0.25) is 14.4 Å².